The Kier molecular flexibility index (Phi) is 6.57. The molecule has 13 heavy (non-hydrogen) atoms. The van der Waals surface area contributed by atoms with E-state index in [9.17, 15) is 4.79 Å². The smallest absolute Gasteiger partial charge is 0.481 e. The summed E-state index contributed by atoms with van der Waals surface area (Å²) in [6, 6.07) is 0. The molecule has 0 spiro atoms. The first-order valence-corrected chi connectivity index (χ1v) is 4.07. The summed E-state index contributed by atoms with van der Waals surface area (Å²) in [6.45, 7) is 1.72. The third kappa shape index (κ3) is 7.77. The first-order valence-electron chi connectivity index (χ1n) is 4.07. The molecule has 0 aromatic carbocycles. The molecule has 0 aromatic rings. The van der Waals surface area contributed by atoms with Crippen molar-refractivity contribution in [1.29, 1.82) is 0 Å². The fourth-order valence-corrected chi connectivity index (χ4v) is 0.903. The molecule has 0 rings (SSSR count). The Hall–Kier alpha value is -0.585. The van der Waals surface area contributed by atoms with E-state index < -0.39 is 12.1 Å². The number of carboxylic acids is 1. The topological polar surface area (TPSA) is 87.0 Å². The van der Waals surface area contributed by atoms with Crippen LogP contribution in [0.3, 0.4) is 0 Å². The lowest BCUT2D eigenvalue weighted by molar-refractivity contribution is -0.139. The lowest BCUT2D eigenvalue weighted by atomic mass is 10.1. The molecular weight excluding hydrogens is 175 g/mol. The number of carbonyl (C=O) groups is 1. The molecule has 5 nitrogen and oxygen atoms in total. The van der Waals surface area contributed by atoms with E-state index in [0.29, 0.717) is 20.5 Å². The van der Waals surface area contributed by atoms with Crippen molar-refractivity contribution in [1.82, 2.24) is 0 Å². The molecule has 0 aliphatic carbocycles. The summed E-state index contributed by atoms with van der Waals surface area (Å²) >= 11 is 0. The Balaban J connectivity index is 3.45. The summed E-state index contributed by atoms with van der Waals surface area (Å²) in [7, 11) is 0.592. The number of hydrogen-bond donors (Lipinski definition) is 3. The third-order valence-corrected chi connectivity index (χ3v) is 1.61. The van der Waals surface area contributed by atoms with Gasteiger partial charge < -0.3 is 19.9 Å². The Bertz CT molecular complexity index is 152. The van der Waals surface area contributed by atoms with Gasteiger partial charge in [0.05, 0.1) is 12.5 Å². The molecule has 2 atom stereocenters. The molecule has 1 radical (unpaired) electrons. The zero-order valence-electron chi connectivity index (χ0n) is 7.51. The van der Waals surface area contributed by atoms with E-state index in [4.69, 9.17) is 15.2 Å². The second-order valence-electron chi connectivity index (χ2n) is 2.88. The van der Waals surface area contributed by atoms with Crippen LogP contribution in [0.4, 0.5) is 0 Å². The van der Waals surface area contributed by atoms with Crippen LogP contribution in [-0.2, 0) is 9.45 Å². The molecule has 0 aromatic heterocycles. The van der Waals surface area contributed by atoms with E-state index in [2.05, 4.69) is 4.65 Å². The molecule has 0 saturated carbocycles. The van der Waals surface area contributed by atoms with Crippen molar-refractivity contribution in [3.8, 4) is 0 Å². The zero-order valence-corrected chi connectivity index (χ0v) is 7.51. The van der Waals surface area contributed by atoms with Crippen LogP contribution in [0.15, 0.2) is 0 Å². The second kappa shape index (κ2) is 6.88. The summed E-state index contributed by atoms with van der Waals surface area (Å²) < 4.78 is 4.67. The molecule has 0 heterocycles. The van der Waals surface area contributed by atoms with Gasteiger partial charge in [-0.3, -0.25) is 4.79 Å². The number of carboxylic acid groups (broad SMARTS) is 1. The normalized spacial score (nSPS) is 15.0. The minimum absolute atomic E-state index is 0.214. The van der Waals surface area contributed by atoms with Crippen LogP contribution in [-0.4, -0.2) is 41.1 Å². The van der Waals surface area contributed by atoms with Crippen LogP contribution in [0, 0.1) is 0 Å². The molecule has 0 amide bonds. The summed E-state index contributed by atoms with van der Waals surface area (Å²) in [4.78, 5) is 10.1. The minimum Gasteiger partial charge on any atom is -0.481 e. The van der Waals surface area contributed by atoms with Crippen LogP contribution >= 0.6 is 0 Å². The van der Waals surface area contributed by atoms with Gasteiger partial charge in [0.2, 0.25) is 0 Å². The maximum absolute atomic E-state index is 10.1. The van der Waals surface area contributed by atoms with Gasteiger partial charge in [0.25, 0.3) is 0 Å². The van der Waals surface area contributed by atoms with Crippen LogP contribution in [0.2, 0.25) is 0 Å². The average Bonchev–Trinajstić information content (AvgIpc) is 2.00. The Morgan fingerprint density at radius 1 is 1.54 bits per heavy atom. The van der Waals surface area contributed by atoms with Crippen LogP contribution < -0.4 is 0 Å². The molecule has 75 valence electrons. The SMILES string of the molecule is C[C@@H](CC[C@@H](O)CC(=O)O)O[B]O. The van der Waals surface area contributed by atoms with Crippen molar-refractivity contribution in [2.24, 2.45) is 0 Å². The van der Waals surface area contributed by atoms with Gasteiger partial charge in [0.1, 0.15) is 0 Å². The van der Waals surface area contributed by atoms with Crippen molar-refractivity contribution in [3.05, 3.63) is 0 Å². The van der Waals surface area contributed by atoms with E-state index in [1.54, 1.807) is 6.92 Å². The van der Waals surface area contributed by atoms with Crippen molar-refractivity contribution in [2.45, 2.75) is 38.4 Å². The van der Waals surface area contributed by atoms with Gasteiger partial charge in [-0.05, 0) is 19.8 Å². The fourth-order valence-electron chi connectivity index (χ4n) is 0.903. The third-order valence-electron chi connectivity index (χ3n) is 1.61. The van der Waals surface area contributed by atoms with Gasteiger partial charge in [0.15, 0.2) is 0 Å². The number of aliphatic hydroxyl groups is 1. The number of hydrogen-bond acceptors (Lipinski definition) is 4. The van der Waals surface area contributed by atoms with Crippen LogP contribution in [0.25, 0.3) is 0 Å². The predicted molar refractivity (Wildman–Crippen MR) is 46.0 cm³/mol. The fraction of sp³-hybridized carbons (Fsp3) is 0.857. The van der Waals surface area contributed by atoms with Crippen molar-refractivity contribution in [3.63, 3.8) is 0 Å². The van der Waals surface area contributed by atoms with Gasteiger partial charge in [-0.2, -0.15) is 0 Å². The second-order valence-corrected chi connectivity index (χ2v) is 2.88. The van der Waals surface area contributed by atoms with Crippen molar-refractivity contribution < 1.29 is 24.7 Å². The van der Waals surface area contributed by atoms with Gasteiger partial charge in [-0.15, -0.1) is 0 Å². The molecular formula is C7H14BO5. The Morgan fingerprint density at radius 2 is 2.15 bits per heavy atom. The average molecular weight is 189 g/mol. The van der Waals surface area contributed by atoms with E-state index >= 15 is 0 Å². The van der Waals surface area contributed by atoms with Gasteiger partial charge in [0, 0.05) is 6.10 Å². The molecule has 6 heteroatoms. The highest BCUT2D eigenvalue weighted by Crippen LogP contribution is 2.06. The number of rotatable bonds is 7. The van der Waals surface area contributed by atoms with Crippen molar-refractivity contribution in [2.75, 3.05) is 0 Å². The first kappa shape index (κ1) is 12.4. The minimum atomic E-state index is -1.02. The molecule has 0 aliphatic heterocycles. The summed E-state index contributed by atoms with van der Waals surface area (Å²) in [6.07, 6.45) is -0.460. The van der Waals surface area contributed by atoms with Gasteiger partial charge in [-0.1, -0.05) is 0 Å². The maximum atomic E-state index is 10.1. The standard InChI is InChI=1S/C7H14BO5/c1-5(13-8-12)2-3-6(9)4-7(10)11/h5-6,9,12H,2-4H2,1H3,(H,10,11)/t5-,6+/m0/s1. The summed E-state index contributed by atoms with van der Waals surface area (Å²) in [5.41, 5.74) is 0. The monoisotopic (exact) mass is 189 g/mol. The predicted octanol–water partition coefficient (Wildman–Crippen LogP) is -0.466. The molecule has 0 unspecified atom stereocenters. The van der Waals surface area contributed by atoms with E-state index in [1.807, 2.05) is 0 Å². The van der Waals surface area contributed by atoms with Crippen LogP contribution in [0.1, 0.15) is 26.2 Å². The Labute approximate surface area is 77.6 Å². The highest BCUT2D eigenvalue weighted by Gasteiger charge is 2.11. The molecule has 0 fully saturated rings. The maximum Gasteiger partial charge on any atom is 0.485 e. The molecule has 0 bridgehead atoms. The summed E-state index contributed by atoms with van der Waals surface area (Å²) in [5, 5.41) is 25.7. The van der Waals surface area contributed by atoms with E-state index in [0.717, 1.165) is 0 Å². The zero-order chi connectivity index (χ0) is 10.3. The highest BCUT2D eigenvalue weighted by molar-refractivity contribution is 6.15. The van der Waals surface area contributed by atoms with Crippen molar-refractivity contribution >= 4 is 13.7 Å². The Morgan fingerprint density at radius 3 is 2.62 bits per heavy atom. The highest BCUT2D eigenvalue weighted by atomic mass is 16.5. The first-order chi connectivity index (χ1) is 6.06. The largest absolute Gasteiger partial charge is 0.485 e. The summed E-state index contributed by atoms with van der Waals surface area (Å²) in [5.74, 6) is -1.02. The lowest BCUT2D eigenvalue weighted by Gasteiger charge is -2.12. The number of aliphatic hydroxyl groups excluding tert-OH is 1. The van der Waals surface area contributed by atoms with E-state index in [-0.39, 0.29) is 12.5 Å². The quantitative estimate of drug-likeness (QED) is 0.471. The van der Waals surface area contributed by atoms with Gasteiger partial charge >= 0.3 is 13.7 Å². The molecule has 0 saturated heterocycles. The van der Waals surface area contributed by atoms with Gasteiger partial charge in [-0.25, -0.2) is 0 Å². The van der Waals surface area contributed by atoms with E-state index in [1.165, 1.54) is 0 Å². The lowest BCUT2D eigenvalue weighted by Crippen LogP contribution is -2.17. The van der Waals surface area contributed by atoms with Crippen LogP contribution in [0.5, 0.6) is 0 Å². The molecule has 3 N–H and O–H groups in total. The molecule has 0 aliphatic rings. The number of aliphatic carboxylic acids is 1.